The van der Waals surface area contributed by atoms with Gasteiger partial charge in [-0.15, -0.1) is 0 Å². The van der Waals surface area contributed by atoms with Crippen molar-refractivity contribution < 1.29 is 9.53 Å². The number of nitrogen functional groups attached to an aromatic ring is 1. The third-order valence-corrected chi connectivity index (χ3v) is 2.81. The van der Waals surface area contributed by atoms with E-state index in [0.29, 0.717) is 22.7 Å². The number of amides is 1. The van der Waals surface area contributed by atoms with Crippen LogP contribution in [0.25, 0.3) is 0 Å². The van der Waals surface area contributed by atoms with Crippen molar-refractivity contribution >= 4 is 28.9 Å². The lowest BCUT2D eigenvalue weighted by atomic mass is 10.1. The van der Waals surface area contributed by atoms with Crippen molar-refractivity contribution in [2.45, 2.75) is 0 Å². The molecule has 0 aliphatic heterocycles. The third kappa shape index (κ3) is 2.95. The molecule has 0 bridgehead atoms. The van der Waals surface area contributed by atoms with Crippen LogP contribution >= 0.6 is 11.6 Å². The summed E-state index contributed by atoms with van der Waals surface area (Å²) < 4.78 is 5.02. The van der Waals surface area contributed by atoms with Crippen molar-refractivity contribution in [3.05, 3.63) is 47.2 Å². The largest absolute Gasteiger partial charge is 0.497 e. The van der Waals surface area contributed by atoms with E-state index < -0.39 is 0 Å². The molecule has 1 aromatic heterocycles. The maximum atomic E-state index is 12.1. The zero-order chi connectivity index (χ0) is 13.8. The Morgan fingerprint density at radius 3 is 2.84 bits per heavy atom. The number of aromatic nitrogens is 1. The Balaban J connectivity index is 2.23. The lowest BCUT2D eigenvalue weighted by Gasteiger charge is -2.09. The van der Waals surface area contributed by atoms with Gasteiger partial charge in [-0.1, -0.05) is 11.6 Å². The molecule has 2 rings (SSSR count). The number of methoxy groups -OCH3 is 1. The zero-order valence-corrected chi connectivity index (χ0v) is 10.9. The molecule has 0 aliphatic rings. The van der Waals surface area contributed by atoms with Crippen LogP contribution in [-0.2, 0) is 0 Å². The summed E-state index contributed by atoms with van der Waals surface area (Å²) in [5, 5.41) is 2.88. The molecule has 0 saturated carbocycles. The first kappa shape index (κ1) is 13.2. The number of nitrogens with zero attached hydrogens (tertiary/aromatic N) is 1. The summed E-state index contributed by atoms with van der Waals surface area (Å²) in [6, 6.07) is 8.18. The fraction of sp³-hybridized carbons (Fsp3) is 0.0769. The molecule has 0 aliphatic carbocycles. The van der Waals surface area contributed by atoms with Gasteiger partial charge in [-0.05, 0) is 24.3 Å². The Kier molecular flexibility index (Phi) is 3.87. The number of rotatable bonds is 3. The molecule has 19 heavy (non-hydrogen) atoms. The molecule has 3 N–H and O–H groups in total. The number of nitrogens with one attached hydrogen (secondary N) is 1. The first-order valence-electron chi connectivity index (χ1n) is 5.47. The summed E-state index contributed by atoms with van der Waals surface area (Å²) in [4.78, 5) is 15.9. The predicted octanol–water partition coefficient (Wildman–Crippen LogP) is 2.58. The van der Waals surface area contributed by atoms with E-state index in [0.717, 1.165) is 0 Å². The van der Waals surface area contributed by atoms with E-state index in [9.17, 15) is 4.79 Å². The van der Waals surface area contributed by atoms with Gasteiger partial charge in [-0.3, -0.25) is 4.79 Å². The highest BCUT2D eigenvalue weighted by Crippen LogP contribution is 2.22. The molecular formula is C13H12ClN3O2. The summed E-state index contributed by atoms with van der Waals surface area (Å²) in [5.41, 5.74) is 6.91. The number of hydrogen-bond acceptors (Lipinski definition) is 4. The molecule has 1 aromatic carbocycles. The van der Waals surface area contributed by atoms with Crippen LogP contribution in [0.3, 0.4) is 0 Å². The highest BCUT2D eigenvalue weighted by molar-refractivity contribution is 6.32. The first-order valence-corrected chi connectivity index (χ1v) is 5.85. The maximum absolute atomic E-state index is 12.1. The van der Waals surface area contributed by atoms with E-state index in [2.05, 4.69) is 10.3 Å². The quantitative estimate of drug-likeness (QED) is 0.668. The molecule has 0 atom stereocenters. The Hall–Kier alpha value is -2.27. The molecule has 0 spiro atoms. The second kappa shape index (κ2) is 5.58. The number of pyridine rings is 1. The van der Waals surface area contributed by atoms with E-state index in [1.54, 1.807) is 36.5 Å². The summed E-state index contributed by atoms with van der Waals surface area (Å²) in [5.74, 6) is 0.239. The van der Waals surface area contributed by atoms with E-state index in [-0.39, 0.29) is 11.1 Å². The fourth-order valence-electron chi connectivity index (χ4n) is 1.54. The number of halogens is 1. The Labute approximate surface area is 115 Å². The lowest BCUT2D eigenvalue weighted by molar-refractivity contribution is 0.102. The summed E-state index contributed by atoms with van der Waals surface area (Å²) in [6.07, 6.45) is 1.54. The van der Waals surface area contributed by atoms with Crippen LogP contribution in [0.2, 0.25) is 5.15 Å². The summed E-state index contributed by atoms with van der Waals surface area (Å²) >= 11 is 5.87. The maximum Gasteiger partial charge on any atom is 0.257 e. The van der Waals surface area contributed by atoms with Gasteiger partial charge in [-0.2, -0.15) is 0 Å². The van der Waals surface area contributed by atoms with Gasteiger partial charge in [0.25, 0.3) is 5.91 Å². The van der Waals surface area contributed by atoms with E-state index in [4.69, 9.17) is 22.1 Å². The number of nitrogens with two attached hydrogens (primary N) is 1. The highest BCUT2D eigenvalue weighted by atomic mass is 35.5. The normalized spacial score (nSPS) is 10.0. The fourth-order valence-corrected chi connectivity index (χ4v) is 1.71. The van der Waals surface area contributed by atoms with E-state index in [1.807, 2.05) is 0 Å². The van der Waals surface area contributed by atoms with Crippen LogP contribution in [0, 0.1) is 0 Å². The van der Waals surface area contributed by atoms with Crippen LogP contribution in [0.1, 0.15) is 10.4 Å². The van der Waals surface area contributed by atoms with Crippen molar-refractivity contribution in [1.29, 1.82) is 0 Å². The van der Waals surface area contributed by atoms with Crippen molar-refractivity contribution in [2.24, 2.45) is 0 Å². The van der Waals surface area contributed by atoms with Crippen molar-refractivity contribution in [3.8, 4) is 5.75 Å². The molecule has 6 heteroatoms. The van der Waals surface area contributed by atoms with Gasteiger partial charge >= 0.3 is 0 Å². The highest BCUT2D eigenvalue weighted by Gasteiger charge is 2.12. The van der Waals surface area contributed by atoms with E-state index >= 15 is 0 Å². The Morgan fingerprint density at radius 2 is 2.21 bits per heavy atom. The average molecular weight is 278 g/mol. The van der Waals surface area contributed by atoms with Crippen molar-refractivity contribution in [2.75, 3.05) is 18.2 Å². The minimum absolute atomic E-state index is 0.225. The Bertz CT molecular complexity index is 617. The standard InChI is InChI=1S/C13H12ClN3O2/c1-19-8-4-5-9(10(15)7-8)13(18)17-11-3-2-6-16-12(11)14/h2-7H,15H2,1H3,(H,17,18). The lowest BCUT2D eigenvalue weighted by Crippen LogP contribution is -2.14. The third-order valence-electron chi connectivity index (χ3n) is 2.51. The number of benzene rings is 1. The van der Waals surface area contributed by atoms with Crippen molar-refractivity contribution in [3.63, 3.8) is 0 Å². The van der Waals surface area contributed by atoms with Crippen LogP contribution in [0.4, 0.5) is 11.4 Å². The minimum Gasteiger partial charge on any atom is -0.497 e. The number of hydrogen-bond donors (Lipinski definition) is 2. The average Bonchev–Trinajstić information content (AvgIpc) is 2.41. The number of carbonyl (C=O) groups is 1. The van der Waals surface area contributed by atoms with Gasteiger partial charge in [0.2, 0.25) is 0 Å². The molecule has 1 heterocycles. The Morgan fingerprint density at radius 1 is 1.42 bits per heavy atom. The van der Waals surface area contributed by atoms with E-state index in [1.165, 1.54) is 7.11 Å². The van der Waals surface area contributed by atoms with Gasteiger partial charge in [-0.25, -0.2) is 4.98 Å². The molecule has 0 saturated heterocycles. The number of anilines is 2. The number of carbonyl (C=O) groups excluding carboxylic acids is 1. The topological polar surface area (TPSA) is 77.2 Å². The predicted molar refractivity (Wildman–Crippen MR) is 74.6 cm³/mol. The SMILES string of the molecule is COc1ccc(C(=O)Nc2cccnc2Cl)c(N)c1. The molecule has 0 radical (unpaired) electrons. The first-order chi connectivity index (χ1) is 9.11. The van der Waals surface area contributed by atoms with Gasteiger partial charge in [0, 0.05) is 18.0 Å². The summed E-state index contributed by atoms with van der Waals surface area (Å²) in [6.45, 7) is 0. The van der Waals surface area contributed by atoms with Crippen molar-refractivity contribution in [1.82, 2.24) is 4.98 Å². The van der Waals surface area contributed by atoms with Gasteiger partial charge < -0.3 is 15.8 Å². The van der Waals surface area contributed by atoms with Crippen LogP contribution in [0.15, 0.2) is 36.5 Å². The van der Waals surface area contributed by atoms with Gasteiger partial charge in [0.1, 0.15) is 5.75 Å². The monoisotopic (exact) mass is 277 g/mol. The molecule has 1 amide bonds. The molecular weight excluding hydrogens is 266 g/mol. The smallest absolute Gasteiger partial charge is 0.257 e. The molecule has 98 valence electrons. The molecule has 0 fully saturated rings. The van der Waals surface area contributed by atoms with Gasteiger partial charge in [0.05, 0.1) is 18.4 Å². The summed E-state index contributed by atoms with van der Waals surface area (Å²) in [7, 11) is 1.53. The van der Waals surface area contributed by atoms with Gasteiger partial charge in [0.15, 0.2) is 5.15 Å². The van der Waals surface area contributed by atoms with Crippen LogP contribution in [0.5, 0.6) is 5.75 Å². The minimum atomic E-state index is -0.352. The second-order valence-electron chi connectivity index (χ2n) is 3.75. The molecule has 5 nitrogen and oxygen atoms in total. The van der Waals surface area contributed by atoms with Crippen LogP contribution < -0.4 is 15.8 Å². The molecule has 0 unspecified atom stereocenters. The second-order valence-corrected chi connectivity index (χ2v) is 4.11. The molecule has 2 aromatic rings. The number of ether oxygens (including phenoxy) is 1. The zero-order valence-electron chi connectivity index (χ0n) is 10.2. The van der Waals surface area contributed by atoms with Crippen LogP contribution in [-0.4, -0.2) is 18.0 Å².